The van der Waals surface area contributed by atoms with Gasteiger partial charge in [-0.1, -0.05) is 19.1 Å². The number of benzene rings is 1. The zero-order valence-corrected chi connectivity index (χ0v) is 17.3. The van der Waals surface area contributed by atoms with Crippen LogP contribution < -0.4 is 5.56 Å². The minimum absolute atomic E-state index is 0.0712. The van der Waals surface area contributed by atoms with E-state index in [0.717, 1.165) is 61.5 Å². The summed E-state index contributed by atoms with van der Waals surface area (Å²) in [5.41, 5.74) is 3.21. The first-order chi connectivity index (χ1) is 13.4. The van der Waals surface area contributed by atoms with Crippen LogP contribution in [0.25, 0.3) is 4.96 Å². The molecule has 1 aromatic carbocycles. The Morgan fingerprint density at radius 2 is 1.93 bits per heavy atom. The zero-order chi connectivity index (χ0) is 19.7. The van der Waals surface area contributed by atoms with Crippen molar-refractivity contribution < 1.29 is 4.39 Å². The van der Waals surface area contributed by atoms with E-state index < -0.39 is 0 Å². The number of aromatic nitrogens is 2. The van der Waals surface area contributed by atoms with Gasteiger partial charge < -0.3 is 4.90 Å². The molecule has 0 unspecified atom stereocenters. The van der Waals surface area contributed by atoms with E-state index in [1.807, 2.05) is 24.4 Å². The Hall–Kier alpha value is -2.05. The lowest BCUT2D eigenvalue weighted by Gasteiger charge is -2.39. The van der Waals surface area contributed by atoms with E-state index >= 15 is 0 Å². The van der Waals surface area contributed by atoms with Crippen molar-refractivity contribution >= 4 is 16.3 Å². The molecule has 1 aliphatic heterocycles. The first-order valence-corrected chi connectivity index (χ1v) is 10.7. The van der Waals surface area contributed by atoms with Gasteiger partial charge in [0.25, 0.3) is 5.56 Å². The molecule has 3 aromatic rings. The molecular weight excluding hydrogens is 373 g/mol. The Balaban J connectivity index is 1.36. The molecule has 0 bridgehead atoms. The highest BCUT2D eigenvalue weighted by molar-refractivity contribution is 7.15. The van der Waals surface area contributed by atoms with Gasteiger partial charge in [-0.2, -0.15) is 0 Å². The zero-order valence-electron chi connectivity index (χ0n) is 16.4. The fraction of sp³-hybridized carbons (Fsp3) is 0.455. The van der Waals surface area contributed by atoms with Gasteiger partial charge in [0.2, 0.25) is 0 Å². The van der Waals surface area contributed by atoms with Crippen LogP contribution in [0, 0.1) is 18.2 Å². The van der Waals surface area contributed by atoms with Crippen LogP contribution in [-0.2, 0) is 12.8 Å². The number of likely N-dealkylation sites (tertiary alicyclic amines) is 1. The van der Waals surface area contributed by atoms with Crippen molar-refractivity contribution in [2.24, 2.45) is 5.41 Å². The lowest BCUT2D eigenvalue weighted by molar-refractivity contribution is 0.119. The first-order valence-electron chi connectivity index (χ1n) is 9.86. The molecule has 28 heavy (non-hydrogen) atoms. The Morgan fingerprint density at radius 1 is 1.21 bits per heavy atom. The first kappa shape index (κ1) is 19.3. The molecule has 0 N–H and O–H groups in total. The van der Waals surface area contributed by atoms with Crippen molar-refractivity contribution in [2.45, 2.75) is 39.5 Å². The van der Waals surface area contributed by atoms with Gasteiger partial charge in [0.15, 0.2) is 4.96 Å². The lowest BCUT2D eigenvalue weighted by Crippen LogP contribution is -2.41. The maximum atomic E-state index is 13.1. The second-order valence-corrected chi connectivity index (χ2v) is 9.12. The Morgan fingerprint density at radius 3 is 2.64 bits per heavy atom. The molecule has 1 saturated heterocycles. The van der Waals surface area contributed by atoms with Gasteiger partial charge in [0.05, 0.1) is 0 Å². The monoisotopic (exact) mass is 399 g/mol. The summed E-state index contributed by atoms with van der Waals surface area (Å²) in [6.45, 7) is 7.23. The van der Waals surface area contributed by atoms with Crippen molar-refractivity contribution in [3.8, 4) is 0 Å². The van der Waals surface area contributed by atoms with Crippen LogP contribution >= 0.6 is 11.3 Å². The van der Waals surface area contributed by atoms with Crippen LogP contribution in [0.15, 0.2) is 40.6 Å². The third-order valence-electron chi connectivity index (χ3n) is 6.05. The van der Waals surface area contributed by atoms with E-state index in [1.165, 1.54) is 16.9 Å². The second kappa shape index (κ2) is 7.76. The van der Waals surface area contributed by atoms with E-state index in [-0.39, 0.29) is 16.8 Å². The maximum Gasteiger partial charge on any atom is 0.261 e. The van der Waals surface area contributed by atoms with Crippen molar-refractivity contribution in [3.63, 3.8) is 0 Å². The molecule has 0 aliphatic carbocycles. The summed E-state index contributed by atoms with van der Waals surface area (Å²) < 4.78 is 14.8. The fourth-order valence-corrected chi connectivity index (χ4v) is 4.92. The number of nitrogens with zero attached hydrogens (tertiary/aromatic N) is 3. The number of aryl methyl sites for hydroxylation is 1. The van der Waals surface area contributed by atoms with Crippen molar-refractivity contribution in [1.29, 1.82) is 0 Å². The fourth-order valence-electron chi connectivity index (χ4n) is 4.16. The smallest absolute Gasteiger partial charge is 0.261 e. The van der Waals surface area contributed by atoms with Gasteiger partial charge in [-0.05, 0) is 68.8 Å². The molecule has 0 spiro atoms. The number of hydrogen-bond acceptors (Lipinski definition) is 4. The lowest BCUT2D eigenvalue weighted by atomic mass is 9.75. The SMILES string of the molecule is Cc1nc2sccn2c(=O)c1CCN1CCC(C)(Cc2ccc(F)cc2)CC1. The third kappa shape index (κ3) is 4.03. The number of halogens is 1. The minimum atomic E-state index is -0.176. The van der Waals surface area contributed by atoms with Gasteiger partial charge in [0, 0.05) is 29.4 Å². The van der Waals surface area contributed by atoms with E-state index in [0.29, 0.717) is 0 Å². The van der Waals surface area contributed by atoms with E-state index in [2.05, 4.69) is 16.8 Å². The van der Waals surface area contributed by atoms with Gasteiger partial charge in [-0.15, -0.1) is 11.3 Å². The number of piperidine rings is 1. The number of fused-ring (bicyclic) bond motifs is 1. The van der Waals surface area contributed by atoms with Crippen LogP contribution in [0.1, 0.15) is 36.6 Å². The molecule has 0 atom stereocenters. The van der Waals surface area contributed by atoms with E-state index in [4.69, 9.17) is 0 Å². The number of thiazole rings is 1. The van der Waals surface area contributed by atoms with Crippen LogP contribution in [0.4, 0.5) is 4.39 Å². The second-order valence-electron chi connectivity index (χ2n) is 8.24. The quantitative estimate of drug-likeness (QED) is 0.649. The molecule has 1 fully saturated rings. The summed E-state index contributed by atoms with van der Waals surface area (Å²) in [7, 11) is 0. The molecule has 0 saturated carbocycles. The Kier molecular flexibility index (Phi) is 5.34. The highest BCUT2D eigenvalue weighted by Crippen LogP contribution is 2.34. The topological polar surface area (TPSA) is 37.6 Å². The Labute approximate surface area is 168 Å². The molecule has 3 heterocycles. The van der Waals surface area contributed by atoms with Crippen molar-refractivity contribution in [2.75, 3.05) is 19.6 Å². The highest BCUT2D eigenvalue weighted by Gasteiger charge is 2.30. The molecule has 0 amide bonds. The predicted octanol–water partition coefficient (Wildman–Crippen LogP) is 4.09. The maximum absolute atomic E-state index is 13.1. The van der Waals surface area contributed by atoms with Gasteiger partial charge >= 0.3 is 0 Å². The standard InChI is InChI=1S/C22H26FN3OS/c1-16-19(20(27)26-13-14-28-21(26)24-16)7-10-25-11-8-22(2,9-12-25)15-17-3-5-18(23)6-4-17/h3-6,13-14H,7-12,15H2,1-2H3. The highest BCUT2D eigenvalue weighted by atomic mass is 32.1. The van der Waals surface area contributed by atoms with Crippen molar-refractivity contribution in [3.05, 3.63) is 68.8 Å². The molecular formula is C22H26FN3OS. The molecule has 0 radical (unpaired) electrons. The summed E-state index contributed by atoms with van der Waals surface area (Å²) in [5, 5.41) is 1.90. The van der Waals surface area contributed by atoms with Gasteiger partial charge in [-0.3, -0.25) is 9.20 Å². The van der Waals surface area contributed by atoms with Gasteiger partial charge in [-0.25, -0.2) is 9.37 Å². The molecule has 1 aliphatic rings. The Bertz CT molecular complexity index is 1020. The van der Waals surface area contributed by atoms with Crippen molar-refractivity contribution in [1.82, 2.24) is 14.3 Å². The van der Waals surface area contributed by atoms with E-state index in [1.54, 1.807) is 22.7 Å². The summed E-state index contributed by atoms with van der Waals surface area (Å²) in [5.74, 6) is -0.176. The van der Waals surface area contributed by atoms with Crippen LogP contribution in [0.3, 0.4) is 0 Å². The summed E-state index contributed by atoms with van der Waals surface area (Å²) in [6.07, 6.45) is 5.76. The normalized spacial score (nSPS) is 17.2. The third-order valence-corrected chi connectivity index (χ3v) is 6.81. The average molecular weight is 400 g/mol. The molecule has 4 nitrogen and oxygen atoms in total. The van der Waals surface area contributed by atoms with E-state index in [9.17, 15) is 9.18 Å². The number of rotatable bonds is 5. The predicted molar refractivity (Wildman–Crippen MR) is 112 cm³/mol. The summed E-state index contributed by atoms with van der Waals surface area (Å²) in [6, 6.07) is 6.90. The summed E-state index contributed by atoms with van der Waals surface area (Å²) in [4.78, 5) is 20.5. The molecule has 6 heteroatoms. The molecule has 4 rings (SSSR count). The number of hydrogen-bond donors (Lipinski definition) is 0. The van der Waals surface area contributed by atoms with Crippen LogP contribution in [-0.4, -0.2) is 33.9 Å². The molecule has 2 aromatic heterocycles. The molecule has 148 valence electrons. The minimum Gasteiger partial charge on any atom is -0.303 e. The van der Waals surface area contributed by atoms with Crippen LogP contribution in [0.5, 0.6) is 0 Å². The van der Waals surface area contributed by atoms with Crippen LogP contribution in [0.2, 0.25) is 0 Å². The van der Waals surface area contributed by atoms with Gasteiger partial charge in [0.1, 0.15) is 5.82 Å². The summed E-state index contributed by atoms with van der Waals surface area (Å²) >= 11 is 1.49. The largest absolute Gasteiger partial charge is 0.303 e. The average Bonchev–Trinajstić information content (AvgIpc) is 3.13.